The van der Waals surface area contributed by atoms with Gasteiger partial charge in [-0.05, 0) is 12.1 Å². The van der Waals surface area contributed by atoms with Crippen LogP contribution in [0.3, 0.4) is 0 Å². The van der Waals surface area contributed by atoms with Gasteiger partial charge in [0.1, 0.15) is 5.82 Å². The molecular weight excluding hydrogens is 297 g/mol. The van der Waals surface area contributed by atoms with E-state index in [1.165, 1.54) is 25.4 Å². The zero-order valence-electron chi connectivity index (χ0n) is 10.1. The zero-order valence-corrected chi connectivity index (χ0v) is 10.8. The second-order valence-electron chi connectivity index (χ2n) is 3.88. The lowest BCUT2D eigenvalue weighted by atomic mass is 10.2. The number of nitrogens with one attached hydrogen (secondary N) is 1. The van der Waals surface area contributed by atoms with E-state index >= 15 is 0 Å². The Hall–Kier alpha value is -2.09. The first kappa shape index (κ1) is 14.3. The number of nitrogens with zero attached hydrogens (tertiary/aromatic N) is 3. The third kappa shape index (κ3) is 3.08. The average Bonchev–Trinajstić information content (AvgIpc) is 2.74. The molecule has 0 fully saturated rings. The lowest BCUT2D eigenvalue weighted by Crippen LogP contribution is -2.18. The summed E-state index contributed by atoms with van der Waals surface area (Å²) in [5.74, 6) is -0.850. The number of carbonyl (C=O) groups excluding carboxylic acids is 1. The predicted molar refractivity (Wildman–Crippen MR) is 65.4 cm³/mol. The summed E-state index contributed by atoms with van der Waals surface area (Å²) in [6.45, 7) is 0. The van der Waals surface area contributed by atoms with Crippen molar-refractivity contribution in [2.24, 2.45) is 7.05 Å². The molecule has 0 unspecified atom stereocenters. The van der Waals surface area contributed by atoms with Crippen molar-refractivity contribution in [2.75, 3.05) is 5.32 Å². The van der Waals surface area contributed by atoms with Gasteiger partial charge in [-0.1, -0.05) is 11.6 Å². The minimum atomic E-state index is -4.71. The molecule has 1 amide bonds. The Labute approximate surface area is 116 Å². The highest BCUT2D eigenvalue weighted by Crippen LogP contribution is 2.30. The first-order chi connectivity index (χ1) is 9.27. The van der Waals surface area contributed by atoms with Crippen molar-refractivity contribution in [1.82, 2.24) is 14.8 Å². The Morgan fingerprint density at radius 2 is 2.10 bits per heavy atom. The number of hydrogen-bond donors (Lipinski definition) is 1. The number of alkyl halides is 3. The van der Waals surface area contributed by atoms with E-state index in [0.29, 0.717) is 5.02 Å². The van der Waals surface area contributed by atoms with Gasteiger partial charge in [-0.25, -0.2) is 4.98 Å². The largest absolute Gasteiger partial charge is 0.435 e. The van der Waals surface area contributed by atoms with Gasteiger partial charge < -0.3 is 5.32 Å². The van der Waals surface area contributed by atoms with Crippen molar-refractivity contribution in [3.05, 3.63) is 40.8 Å². The van der Waals surface area contributed by atoms with Gasteiger partial charge in [0.2, 0.25) is 0 Å². The van der Waals surface area contributed by atoms with Gasteiger partial charge in [-0.15, -0.1) is 0 Å². The molecule has 0 aliphatic carbocycles. The first-order valence-corrected chi connectivity index (χ1v) is 5.69. The highest BCUT2D eigenvalue weighted by molar-refractivity contribution is 6.30. The predicted octanol–water partition coefficient (Wildman–Crippen LogP) is 2.74. The summed E-state index contributed by atoms with van der Waals surface area (Å²) in [4.78, 5) is 15.6. The fourth-order valence-corrected chi connectivity index (χ4v) is 1.61. The maximum absolute atomic E-state index is 12.7. The molecule has 2 aromatic rings. The summed E-state index contributed by atoms with van der Waals surface area (Å²) in [7, 11) is 1.30. The third-order valence-electron chi connectivity index (χ3n) is 2.31. The van der Waals surface area contributed by atoms with Crippen molar-refractivity contribution in [2.45, 2.75) is 6.18 Å². The van der Waals surface area contributed by atoms with Crippen molar-refractivity contribution in [3.8, 4) is 0 Å². The first-order valence-electron chi connectivity index (χ1n) is 5.31. The summed E-state index contributed by atoms with van der Waals surface area (Å²) in [6.07, 6.45) is -2.44. The summed E-state index contributed by atoms with van der Waals surface area (Å²) in [6, 6.07) is 2.84. The third-order valence-corrected chi connectivity index (χ3v) is 2.53. The molecule has 0 aliphatic heterocycles. The Balaban J connectivity index is 2.28. The molecule has 9 heteroatoms. The molecule has 2 heterocycles. The maximum Gasteiger partial charge on any atom is 0.435 e. The maximum atomic E-state index is 12.7. The van der Waals surface area contributed by atoms with Crippen LogP contribution in [0.25, 0.3) is 0 Å². The molecule has 0 spiro atoms. The second-order valence-corrected chi connectivity index (χ2v) is 4.32. The Kier molecular flexibility index (Phi) is 3.67. The molecule has 0 atom stereocenters. The quantitative estimate of drug-likeness (QED) is 0.928. The van der Waals surface area contributed by atoms with E-state index in [4.69, 9.17) is 11.6 Å². The van der Waals surface area contributed by atoms with Gasteiger partial charge in [0.05, 0.1) is 10.6 Å². The van der Waals surface area contributed by atoms with Gasteiger partial charge in [0.25, 0.3) is 5.91 Å². The molecule has 20 heavy (non-hydrogen) atoms. The van der Waals surface area contributed by atoms with Crippen LogP contribution in [0, 0.1) is 0 Å². The molecule has 5 nitrogen and oxygen atoms in total. The molecule has 0 radical (unpaired) electrons. The van der Waals surface area contributed by atoms with Crippen LogP contribution in [0.4, 0.5) is 19.0 Å². The average molecular weight is 305 g/mol. The monoisotopic (exact) mass is 304 g/mol. The van der Waals surface area contributed by atoms with Gasteiger partial charge in [0, 0.05) is 19.4 Å². The van der Waals surface area contributed by atoms with Crippen LogP contribution >= 0.6 is 11.6 Å². The van der Waals surface area contributed by atoms with Crippen LogP contribution in [0.5, 0.6) is 0 Å². The number of pyridine rings is 1. The number of rotatable bonds is 2. The molecule has 0 bridgehead atoms. The molecule has 0 saturated heterocycles. The number of aromatic nitrogens is 3. The topological polar surface area (TPSA) is 59.8 Å². The Bertz CT molecular complexity index is 636. The smallest absolute Gasteiger partial charge is 0.306 e. The molecule has 106 valence electrons. The SMILES string of the molecule is Cn1cc(C(=O)Nc2ccc(Cl)cn2)c(C(F)(F)F)n1. The fraction of sp³-hybridized carbons (Fsp3) is 0.182. The molecular formula is C11H8ClF3N4O. The second kappa shape index (κ2) is 5.12. The standard InChI is InChI=1S/C11H8ClF3N4O/c1-19-5-7(9(18-19)11(13,14)15)10(20)17-8-3-2-6(12)4-16-8/h2-5H,1H3,(H,16,17,20). The number of anilines is 1. The highest BCUT2D eigenvalue weighted by atomic mass is 35.5. The number of halogens is 4. The Morgan fingerprint density at radius 1 is 1.40 bits per heavy atom. The van der Waals surface area contributed by atoms with Gasteiger partial charge >= 0.3 is 6.18 Å². The molecule has 2 rings (SSSR count). The molecule has 0 saturated carbocycles. The molecule has 0 aliphatic rings. The van der Waals surface area contributed by atoms with Crippen LogP contribution in [0.2, 0.25) is 5.02 Å². The highest BCUT2D eigenvalue weighted by Gasteiger charge is 2.39. The summed E-state index contributed by atoms with van der Waals surface area (Å²) < 4.78 is 39.1. The van der Waals surface area contributed by atoms with E-state index in [1.807, 2.05) is 0 Å². The van der Waals surface area contributed by atoms with Gasteiger partial charge in [-0.2, -0.15) is 18.3 Å². The van der Waals surface area contributed by atoms with Crippen LogP contribution in [-0.4, -0.2) is 20.7 Å². The van der Waals surface area contributed by atoms with Crippen molar-refractivity contribution >= 4 is 23.3 Å². The summed E-state index contributed by atoms with van der Waals surface area (Å²) in [5, 5.41) is 5.84. The van der Waals surface area contributed by atoms with Gasteiger partial charge in [-0.3, -0.25) is 9.48 Å². The van der Waals surface area contributed by atoms with Crippen LogP contribution < -0.4 is 5.32 Å². The lowest BCUT2D eigenvalue weighted by Gasteiger charge is -2.06. The molecule has 1 N–H and O–H groups in total. The number of aryl methyl sites for hydroxylation is 1. The lowest BCUT2D eigenvalue weighted by molar-refractivity contribution is -0.141. The van der Waals surface area contributed by atoms with Gasteiger partial charge in [0.15, 0.2) is 5.69 Å². The van der Waals surface area contributed by atoms with Crippen molar-refractivity contribution in [3.63, 3.8) is 0 Å². The molecule has 2 aromatic heterocycles. The zero-order chi connectivity index (χ0) is 14.9. The molecule has 0 aromatic carbocycles. The van der Waals surface area contributed by atoms with E-state index in [-0.39, 0.29) is 5.82 Å². The number of carbonyl (C=O) groups is 1. The number of amides is 1. The van der Waals surface area contributed by atoms with Crippen LogP contribution in [0.1, 0.15) is 16.1 Å². The minimum absolute atomic E-state index is 0.0939. The number of hydrogen-bond acceptors (Lipinski definition) is 3. The van der Waals surface area contributed by atoms with E-state index in [9.17, 15) is 18.0 Å². The van der Waals surface area contributed by atoms with Crippen LogP contribution in [0.15, 0.2) is 24.5 Å². The van der Waals surface area contributed by atoms with Crippen molar-refractivity contribution in [1.29, 1.82) is 0 Å². The minimum Gasteiger partial charge on any atom is -0.306 e. The van der Waals surface area contributed by atoms with E-state index in [1.54, 1.807) is 0 Å². The van der Waals surface area contributed by atoms with Crippen molar-refractivity contribution < 1.29 is 18.0 Å². The normalized spacial score (nSPS) is 11.4. The van der Waals surface area contributed by atoms with E-state index in [0.717, 1.165) is 10.9 Å². The Morgan fingerprint density at radius 3 is 2.65 bits per heavy atom. The fourth-order valence-electron chi connectivity index (χ4n) is 1.50. The summed E-state index contributed by atoms with van der Waals surface area (Å²) >= 11 is 5.62. The van der Waals surface area contributed by atoms with Crippen LogP contribution in [-0.2, 0) is 13.2 Å². The van der Waals surface area contributed by atoms with E-state index < -0.39 is 23.3 Å². The summed E-state index contributed by atoms with van der Waals surface area (Å²) in [5.41, 5.74) is -1.82. The van der Waals surface area contributed by atoms with E-state index in [2.05, 4.69) is 15.4 Å².